The van der Waals surface area contributed by atoms with Crippen molar-refractivity contribution in [3.05, 3.63) is 72.8 Å². The van der Waals surface area contributed by atoms with Crippen LogP contribution in [0.1, 0.15) is 18.5 Å². The van der Waals surface area contributed by atoms with Crippen molar-refractivity contribution in [2.75, 3.05) is 18.0 Å². The maximum Gasteiger partial charge on any atom is 0.225 e. The van der Waals surface area contributed by atoms with Crippen molar-refractivity contribution in [2.45, 2.75) is 18.4 Å². The van der Waals surface area contributed by atoms with Gasteiger partial charge in [0, 0.05) is 43.4 Å². The molecule has 0 atom stereocenters. The Kier molecular flexibility index (Phi) is 4.21. The van der Waals surface area contributed by atoms with Gasteiger partial charge in [-0.1, -0.05) is 0 Å². The van der Waals surface area contributed by atoms with Gasteiger partial charge in [-0.05, 0) is 43.2 Å². The number of hydrogen-bond acceptors (Lipinski definition) is 6. The van der Waals surface area contributed by atoms with E-state index >= 15 is 0 Å². The normalized spacial score (nSPS) is 16.3. The molecule has 1 aromatic carbocycles. The highest BCUT2D eigenvalue weighted by Crippen LogP contribution is 2.37. The monoisotopic (exact) mass is 389 g/mol. The number of aromatic nitrogens is 5. The molecule has 0 amide bonds. The van der Waals surface area contributed by atoms with Gasteiger partial charge in [0.25, 0.3) is 0 Å². The first-order chi connectivity index (χ1) is 14.1. The molecule has 1 fully saturated rings. The minimum absolute atomic E-state index is 0.278. The van der Waals surface area contributed by atoms with Gasteiger partial charge in [0.05, 0.1) is 23.1 Å². The Morgan fingerprint density at radius 3 is 2.45 bits per heavy atom. The summed E-state index contributed by atoms with van der Waals surface area (Å²) in [6.07, 6.45) is 10.3. The van der Waals surface area contributed by atoms with E-state index in [2.05, 4.69) is 19.9 Å². The zero-order chi connectivity index (χ0) is 19.8. The van der Waals surface area contributed by atoms with Crippen LogP contribution in [-0.2, 0) is 5.54 Å². The first-order valence-electron chi connectivity index (χ1n) is 9.53. The molecule has 8 heteroatoms. The van der Waals surface area contributed by atoms with E-state index in [0.717, 1.165) is 54.5 Å². The third-order valence-corrected chi connectivity index (χ3v) is 5.51. The highest BCUT2D eigenvalue weighted by molar-refractivity contribution is 5.68. The molecule has 2 N–H and O–H groups in total. The van der Waals surface area contributed by atoms with Crippen molar-refractivity contribution in [3.63, 3.8) is 0 Å². The van der Waals surface area contributed by atoms with Crippen molar-refractivity contribution in [1.29, 1.82) is 0 Å². The van der Waals surface area contributed by atoms with Crippen molar-refractivity contribution >= 4 is 11.6 Å². The quantitative estimate of drug-likeness (QED) is 0.580. The summed E-state index contributed by atoms with van der Waals surface area (Å²) in [5.74, 6) is 0.440. The second kappa shape index (κ2) is 6.89. The molecule has 0 saturated carbocycles. The molecular weight excluding hydrogens is 369 g/mol. The lowest BCUT2D eigenvalue weighted by Gasteiger charge is -2.39. The van der Waals surface area contributed by atoms with Gasteiger partial charge in [-0.25, -0.2) is 19.3 Å². The zero-order valence-corrected chi connectivity index (χ0v) is 15.7. The number of nitrogens with zero attached hydrogens (tertiary/aromatic N) is 6. The average Bonchev–Trinajstić information content (AvgIpc) is 3.16. The molecule has 0 radical (unpaired) electrons. The molecule has 146 valence electrons. The smallest absolute Gasteiger partial charge is 0.225 e. The van der Waals surface area contributed by atoms with E-state index in [-0.39, 0.29) is 5.82 Å². The minimum atomic E-state index is -0.588. The SMILES string of the molecule is NC1(c2c(-c3ccc(F)cc3)nc3cnccn23)CCN(c2ncccn2)CC1. The molecule has 4 aromatic rings. The van der Waals surface area contributed by atoms with Gasteiger partial charge < -0.3 is 10.6 Å². The van der Waals surface area contributed by atoms with E-state index in [9.17, 15) is 4.39 Å². The number of rotatable bonds is 3. The number of halogens is 1. The lowest BCUT2D eigenvalue weighted by Crippen LogP contribution is -2.49. The number of nitrogens with two attached hydrogens (primary N) is 1. The van der Waals surface area contributed by atoms with Crippen LogP contribution in [0.25, 0.3) is 16.9 Å². The van der Waals surface area contributed by atoms with Crippen LogP contribution in [0, 0.1) is 5.82 Å². The lowest BCUT2D eigenvalue weighted by molar-refractivity contribution is 0.331. The van der Waals surface area contributed by atoms with Crippen LogP contribution < -0.4 is 10.6 Å². The fourth-order valence-electron chi connectivity index (χ4n) is 3.99. The van der Waals surface area contributed by atoms with Crippen LogP contribution in [0.4, 0.5) is 10.3 Å². The molecule has 4 heterocycles. The molecule has 0 aliphatic carbocycles. The fraction of sp³-hybridized carbons (Fsp3) is 0.238. The maximum absolute atomic E-state index is 13.5. The van der Waals surface area contributed by atoms with Gasteiger partial charge in [0.15, 0.2) is 5.65 Å². The van der Waals surface area contributed by atoms with Crippen molar-refractivity contribution in [2.24, 2.45) is 5.73 Å². The maximum atomic E-state index is 13.5. The first-order valence-corrected chi connectivity index (χ1v) is 9.53. The lowest BCUT2D eigenvalue weighted by atomic mass is 9.83. The largest absolute Gasteiger partial charge is 0.341 e. The summed E-state index contributed by atoms with van der Waals surface area (Å²) < 4.78 is 15.5. The molecule has 3 aromatic heterocycles. The van der Waals surface area contributed by atoms with Crippen LogP contribution in [-0.4, -0.2) is 37.4 Å². The standard InChI is InChI=1S/C21H20FN7/c22-16-4-2-15(3-5-16)18-19(29-13-10-24-14-17(29)27-18)21(23)6-11-28(12-7-21)20-25-8-1-9-26-20/h1-5,8-10,13-14H,6-7,11-12,23H2. The minimum Gasteiger partial charge on any atom is -0.341 e. The highest BCUT2D eigenvalue weighted by Gasteiger charge is 2.38. The predicted molar refractivity (Wildman–Crippen MR) is 108 cm³/mol. The number of hydrogen-bond donors (Lipinski definition) is 1. The summed E-state index contributed by atoms with van der Waals surface area (Å²) in [7, 11) is 0. The molecule has 1 aliphatic rings. The molecule has 1 saturated heterocycles. The van der Waals surface area contributed by atoms with Crippen LogP contribution in [0.5, 0.6) is 0 Å². The molecule has 0 unspecified atom stereocenters. The molecule has 5 rings (SSSR count). The summed E-state index contributed by atoms with van der Waals surface area (Å²) in [6, 6.07) is 8.18. The zero-order valence-electron chi connectivity index (χ0n) is 15.7. The van der Waals surface area contributed by atoms with E-state index < -0.39 is 5.54 Å². The first kappa shape index (κ1) is 17.7. The van der Waals surface area contributed by atoms with E-state index in [1.807, 2.05) is 16.7 Å². The number of imidazole rings is 1. The molecule has 1 aliphatic heterocycles. The Balaban J connectivity index is 1.55. The Labute approximate surface area is 167 Å². The second-order valence-electron chi connectivity index (χ2n) is 7.31. The second-order valence-corrected chi connectivity index (χ2v) is 7.31. The molecular formula is C21H20FN7. The summed E-state index contributed by atoms with van der Waals surface area (Å²) in [4.78, 5) is 19.8. The molecule has 29 heavy (non-hydrogen) atoms. The molecule has 7 nitrogen and oxygen atoms in total. The Bertz CT molecular complexity index is 1130. The number of piperidine rings is 1. The van der Waals surface area contributed by atoms with E-state index in [1.54, 1.807) is 36.9 Å². The van der Waals surface area contributed by atoms with Crippen LogP contribution >= 0.6 is 0 Å². The van der Waals surface area contributed by atoms with Gasteiger partial charge in [-0.2, -0.15) is 0 Å². The van der Waals surface area contributed by atoms with Gasteiger partial charge >= 0.3 is 0 Å². The van der Waals surface area contributed by atoms with Crippen LogP contribution in [0.3, 0.4) is 0 Å². The van der Waals surface area contributed by atoms with E-state index in [0.29, 0.717) is 0 Å². The van der Waals surface area contributed by atoms with Gasteiger partial charge in [0.2, 0.25) is 5.95 Å². The van der Waals surface area contributed by atoms with Crippen LogP contribution in [0.2, 0.25) is 0 Å². The van der Waals surface area contributed by atoms with Crippen LogP contribution in [0.15, 0.2) is 61.3 Å². The summed E-state index contributed by atoms with van der Waals surface area (Å²) in [6.45, 7) is 1.48. The third kappa shape index (κ3) is 3.11. The van der Waals surface area contributed by atoms with Gasteiger partial charge in [0.1, 0.15) is 5.82 Å². The topological polar surface area (TPSA) is 85.2 Å². The Morgan fingerprint density at radius 2 is 1.72 bits per heavy atom. The number of anilines is 1. The van der Waals surface area contributed by atoms with Crippen molar-refractivity contribution < 1.29 is 4.39 Å². The molecule has 0 spiro atoms. The van der Waals surface area contributed by atoms with Gasteiger partial charge in [-0.3, -0.25) is 9.38 Å². The van der Waals surface area contributed by atoms with Crippen molar-refractivity contribution in [3.8, 4) is 11.3 Å². The van der Waals surface area contributed by atoms with E-state index in [1.165, 1.54) is 12.1 Å². The van der Waals surface area contributed by atoms with Crippen molar-refractivity contribution in [1.82, 2.24) is 24.3 Å². The number of benzene rings is 1. The summed E-state index contributed by atoms with van der Waals surface area (Å²) >= 11 is 0. The average molecular weight is 389 g/mol. The fourth-order valence-corrected chi connectivity index (χ4v) is 3.99. The summed E-state index contributed by atoms with van der Waals surface area (Å²) in [5.41, 5.74) is 9.64. The summed E-state index contributed by atoms with van der Waals surface area (Å²) in [5, 5.41) is 0. The highest BCUT2D eigenvalue weighted by atomic mass is 19.1. The van der Waals surface area contributed by atoms with E-state index in [4.69, 9.17) is 10.7 Å². The Hall–Kier alpha value is -3.39. The predicted octanol–water partition coefficient (Wildman–Crippen LogP) is 2.78. The van der Waals surface area contributed by atoms with Gasteiger partial charge in [-0.15, -0.1) is 0 Å². The third-order valence-electron chi connectivity index (χ3n) is 5.51. The Morgan fingerprint density at radius 1 is 1.00 bits per heavy atom. The molecule has 0 bridgehead atoms. The number of fused-ring (bicyclic) bond motifs is 1.